The van der Waals surface area contributed by atoms with Crippen LogP contribution in [-0.4, -0.2) is 29.9 Å². The molecule has 3 nitrogen and oxygen atoms in total. The van der Waals surface area contributed by atoms with Crippen molar-refractivity contribution in [2.24, 2.45) is 11.7 Å². The highest BCUT2D eigenvalue weighted by molar-refractivity contribution is 5.76. The minimum atomic E-state index is -0.203. The van der Waals surface area contributed by atoms with Crippen molar-refractivity contribution in [1.29, 1.82) is 0 Å². The maximum atomic E-state index is 12.9. The lowest BCUT2D eigenvalue weighted by molar-refractivity contribution is -0.133. The summed E-state index contributed by atoms with van der Waals surface area (Å²) in [5, 5.41) is 0. The van der Waals surface area contributed by atoms with E-state index in [0.29, 0.717) is 12.3 Å². The van der Waals surface area contributed by atoms with Gasteiger partial charge >= 0.3 is 0 Å². The predicted octanol–water partition coefficient (Wildman–Crippen LogP) is 2.34. The summed E-state index contributed by atoms with van der Waals surface area (Å²) in [7, 11) is 0. The van der Waals surface area contributed by atoms with Gasteiger partial charge in [0.25, 0.3) is 0 Å². The monoisotopic (exact) mass is 278 g/mol. The number of carbonyl (C=O) groups is 1. The van der Waals surface area contributed by atoms with Crippen molar-refractivity contribution in [3.05, 3.63) is 35.6 Å². The summed E-state index contributed by atoms with van der Waals surface area (Å²) in [5.41, 5.74) is 6.83. The number of hydrogen-bond donors (Lipinski definition) is 1. The van der Waals surface area contributed by atoms with Crippen LogP contribution in [0.15, 0.2) is 24.3 Å². The van der Waals surface area contributed by atoms with Crippen LogP contribution >= 0.6 is 0 Å². The molecule has 0 bridgehead atoms. The van der Waals surface area contributed by atoms with Gasteiger partial charge in [-0.1, -0.05) is 12.1 Å². The molecule has 1 amide bonds. The Bertz CT molecular complexity index is 444. The molecule has 2 atom stereocenters. The summed E-state index contributed by atoms with van der Waals surface area (Å²) < 4.78 is 12.9. The Hall–Kier alpha value is -1.42. The van der Waals surface area contributed by atoms with E-state index in [4.69, 9.17) is 5.73 Å². The molecule has 1 aromatic rings. The van der Waals surface area contributed by atoms with Crippen LogP contribution < -0.4 is 5.73 Å². The molecule has 0 aliphatic carbocycles. The zero-order chi connectivity index (χ0) is 14.5. The van der Waals surface area contributed by atoms with Crippen LogP contribution in [0.4, 0.5) is 4.39 Å². The number of hydrogen-bond acceptors (Lipinski definition) is 2. The summed E-state index contributed by atoms with van der Waals surface area (Å²) >= 11 is 0. The van der Waals surface area contributed by atoms with Crippen LogP contribution in [0.1, 0.15) is 31.7 Å². The van der Waals surface area contributed by atoms with Crippen molar-refractivity contribution in [2.45, 2.75) is 38.6 Å². The topological polar surface area (TPSA) is 46.3 Å². The predicted molar refractivity (Wildman–Crippen MR) is 77.7 cm³/mol. The van der Waals surface area contributed by atoms with Gasteiger partial charge in [-0.15, -0.1) is 0 Å². The van der Waals surface area contributed by atoms with E-state index in [0.717, 1.165) is 37.9 Å². The average molecular weight is 278 g/mol. The Balaban J connectivity index is 1.90. The molecule has 4 heteroatoms. The molecule has 1 fully saturated rings. The maximum Gasteiger partial charge on any atom is 0.224 e. The van der Waals surface area contributed by atoms with Crippen molar-refractivity contribution in [1.82, 2.24) is 4.90 Å². The smallest absolute Gasteiger partial charge is 0.224 e. The van der Waals surface area contributed by atoms with Crippen molar-refractivity contribution < 1.29 is 9.18 Å². The van der Waals surface area contributed by atoms with E-state index in [2.05, 4.69) is 0 Å². The molecular weight excluding hydrogens is 255 g/mol. The van der Waals surface area contributed by atoms with Gasteiger partial charge in [-0.3, -0.25) is 4.79 Å². The van der Waals surface area contributed by atoms with Gasteiger partial charge in [0.05, 0.1) is 0 Å². The lowest BCUT2D eigenvalue weighted by atomic mass is 9.91. The van der Waals surface area contributed by atoms with Gasteiger partial charge in [-0.25, -0.2) is 4.39 Å². The molecule has 0 spiro atoms. The first-order valence-electron chi connectivity index (χ1n) is 7.32. The molecule has 20 heavy (non-hydrogen) atoms. The molecule has 1 heterocycles. The van der Waals surface area contributed by atoms with E-state index < -0.39 is 0 Å². The number of carbonyl (C=O) groups excluding carboxylic acids is 1. The molecule has 1 saturated heterocycles. The molecule has 2 N–H and O–H groups in total. The van der Waals surface area contributed by atoms with E-state index in [1.165, 1.54) is 12.1 Å². The van der Waals surface area contributed by atoms with Crippen molar-refractivity contribution in [2.75, 3.05) is 13.1 Å². The third-order valence-electron chi connectivity index (χ3n) is 3.81. The van der Waals surface area contributed by atoms with Gasteiger partial charge in [0.2, 0.25) is 5.91 Å². The number of benzene rings is 1. The summed E-state index contributed by atoms with van der Waals surface area (Å²) in [4.78, 5) is 14.0. The molecule has 1 aliphatic rings. The van der Waals surface area contributed by atoms with Crippen molar-refractivity contribution in [3.8, 4) is 0 Å². The van der Waals surface area contributed by atoms with Crippen LogP contribution in [-0.2, 0) is 11.2 Å². The van der Waals surface area contributed by atoms with Crippen LogP contribution in [0.3, 0.4) is 0 Å². The Morgan fingerprint density at radius 3 is 2.80 bits per heavy atom. The van der Waals surface area contributed by atoms with Gasteiger partial charge in [0, 0.05) is 25.6 Å². The second-order valence-corrected chi connectivity index (χ2v) is 5.86. The van der Waals surface area contributed by atoms with E-state index in [9.17, 15) is 9.18 Å². The van der Waals surface area contributed by atoms with Crippen LogP contribution in [0.5, 0.6) is 0 Å². The second-order valence-electron chi connectivity index (χ2n) is 5.86. The summed E-state index contributed by atoms with van der Waals surface area (Å²) in [5.74, 6) is 0.418. The fraction of sp³-hybridized carbons (Fsp3) is 0.562. The normalized spacial score (nSPS) is 20.8. The molecule has 0 aromatic heterocycles. The van der Waals surface area contributed by atoms with Gasteiger partial charge in [-0.05, 0) is 49.8 Å². The zero-order valence-corrected chi connectivity index (χ0v) is 12.0. The van der Waals surface area contributed by atoms with Gasteiger partial charge in [-0.2, -0.15) is 0 Å². The van der Waals surface area contributed by atoms with E-state index in [1.807, 2.05) is 24.0 Å². The Kier molecular flexibility index (Phi) is 5.12. The first-order valence-corrected chi connectivity index (χ1v) is 7.32. The van der Waals surface area contributed by atoms with E-state index in [1.54, 1.807) is 0 Å². The third kappa shape index (κ3) is 4.30. The molecule has 0 radical (unpaired) electrons. The fourth-order valence-electron chi connectivity index (χ4n) is 2.82. The first kappa shape index (κ1) is 15.0. The molecule has 1 aliphatic heterocycles. The van der Waals surface area contributed by atoms with E-state index in [-0.39, 0.29) is 17.8 Å². The molecule has 110 valence electrons. The average Bonchev–Trinajstić information content (AvgIpc) is 2.41. The number of amides is 1. The highest BCUT2D eigenvalue weighted by atomic mass is 19.1. The summed E-state index contributed by atoms with van der Waals surface area (Å²) in [6.07, 6.45) is 3.49. The van der Waals surface area contributed by atoms with Gasteiger partial charge in [0.15, 0.2) is 0 Å². The number of likely N-dealkylation sites (tertiary alicyclic amines) is 1. The number of nitrogens with zero attached hydrogens (tertiary/aromatic N) is 1. The largest absolute Gasteiger partial charge is 0.342 e. The quantitative estimate of drug-likeness (QED) is 0.919. The zero-order valence-electron chi connectivity index (χ0n) is 12.0. The van der Waals surface area contributed by atoms with Crippen LogP contribution in [0.25, 0.3) is 0 Å². The Morgan fingerprint density at radius 1 is 1.45 bits per heavy atom. The molecule has 1 aromatic carbocycles. The van der Waals surface area contributed by atoms with Crippen LogP contribution in [0.2, 0.25) is 0 Å². The SMILES string of the molecule is C[C@@H](N)CC(=O)N1CCC[C@@H](Cc2ccc(F)cc2)C1. The van der Waals surface area contributed by atoms with Gasteiger partial charge in [0.1, 0.15) is 5.82 Å². The standard InChI is InChI=1S/C16H23FN2O/c1-12(18)9-16(20)19-8-2-3-14(11-19)10-13-4-6-15(17)7-5-13/h4-7,12,14H,2-3,8-11,18H2,1H3/t12-,14+/m1/s1. The third-order valence-corrected chi connectivity index (χ3v) is 3.81. The molecule has 0 unspecified atom stereocenters. The number of nitrogens with two attached hydrogens (primary N) is 1. The van der Waals surface area contributed by atoms with E-state index >= 15 is 0 Å². The number of rotatable bonds is 4. The molecule has 2 rings (SSSR count). The van der Waals surface area contributed by atoms with Gasteiger partial charge < -0.3 is 10.6 Å². The lowest BCUT2D eigenvalue weighted by Crippen LogP contribution is -2.42. The number of halogens is 1. The van der Waals surface area contributed by atoms with Crippen LogP contribution in [0, 0.1) is 11.7 Å². The van der Waals surface area contributed by atoms with Crippen molar-refractivity contribution >= 4 is 5.91 Å². The fourth-order valence-corrected chi connectivity index (χ4v) is 2.82. The minimum absolute atomic E-state index is 0.0834. The summed E-state index contributed by atoms with van der Waals surface area (Å²) in [6.45, 7) is 3.49. The number of piperidine rings is 1. The molecule has 0 saturated carbocycles. The highest BCUT2D eigenvalue weighted by Crippen LogP contribution is 2.21. The van der Waals surface area contributed by atoms with Crippen molar-refractivity contribution in [3.63, 3.8) is 0 Å². The molecular formula is C16H23FN2O. The first-order chi connectivity index (χ1) is 9.54. The minimum Gasteiger partial charge on any atom is -0.342 e. The lowest BCUT2D eigenvalue weighted by Gasteiger charge is -2.33. The second kappa shape index (κ2) is 6.84. The summed E-state index contributed by atoms with van der Waals surface area (Å²) in [6, 6.07) is 6.57. The highest BCUT2D eigenvalue weighted by Gasteiger charge is 2.24. The maximum absolute atomic E-state index is 12.9. The Morgan fingerprint density at radius 2 is 2.15 bits per heavy atom. The Labute approximate surface area is 120 Å².